The molecule has 0 saturated carbocycles. The van der Waals surface area contributed by atoms with E-state index in [4.69, 9.17) is 4.52 Å². The van der Waals surface area contributed by atoms with Gasteiger partial charge in [0.2, 0.25) is 0 Å². The molecule has 0 amide bonds. The summed E-state index contributed by atoms with van der Waals surface area (Å²) in [6.45, 7) is 4.93. The Morgan fingerprint density at radius 3 is 2.71 bits per heavy atom. The van der Waals surface area contributed by atoms with Crippen LogP contribution >= 0.6 is 39.9 Å². The predicted octanol–water partition coefficient (Wildman–Crippen LogP) is 3.72. The predicted molar refractivity (Wildman–Crippen MR) is 107 cm³/mol. The molecule has 0 atom stereocenters. The Bertz CT molecular complexity index is 686. The van der Waals surface area contributed by atoms with Crippen molar-refractivity contribution >= 4 is 45.9 Å². The van der Waals surface area contributed by atoms with E-state index in [0.29, 0.717) is 31.0 Å². The van der Waals surface area contributed by atoms with Crippen LogP contribution in [-0.4, -0.2) is 24.7 Å². The molecule has 132 valence electrons. The average Bonchev–Trinajstić information content (AvgIpc) is 2.85. The van der Waals surface area contributed by atoms with Crippen molar-refractivity contribution in [2.45, 2.75) is 26.8 Å². The molecule has 1 aromatic carbocycles. The van der Waals surface area contributed by atoms with Gasteiger partial charge >= 0.3 is 0 Å². The van der Waals surface area contributed by atoms with Crippen LogP contribution in [0.4, 0.5) is 4.39 Å². The number of guanidine groups is 1. The largest absolute Gasteiger partial charge is 0.361 e. The minimum Gasteiger partial charge on any atom is -0.361 e. The van der Waals surface area contributed by atoms with Crippen molar-refractivity contribution < 1.29 is 8.91 Å². The van der Waals surface area contributed by atoms with E-state index in [1.165, 1.54) is 6.07 Å². The topological polar surface area (TPSA) is 62.5 Å². The van der Waals surface area contributed by atoms with Crippen LogP contribution in [0.5, 0.6) is 0 Å². The minimum atomic E-state index is -0.200. The normalized spacial score (nSPS) is 11.1. The highest BCUT2D eigenvalue weighted by Gasteiger charge is 2.09. The van der Waals surface area contributed by atoms with Gasteiger partial charge in [-0.05, 0) is 44.0 Å². The van der Waals surface area contributed by atoms with Crippen molar-refractivity contribution in [1.29, 1.82) is 0 Å². The van der Waals surface area contributed by atoms with Crippen LogP contribution in [0.1, 0.15) is 22.6 Å². The highest BCUT2D eigenvalue weighted by atomic mass is 127. The molecule has 0 unspecified atom stereocenters. The Morgan fingerprint density at radius 1 is 1.33 bits per heavy atom. The summed E-state index contributed by atoms with van der Waals surface area (Å²) in [5, 5.41) is 10.3. The lowest BCUT2D eigenvalue weighted by Crippen LogP contribution is -2.38. The summed E-state index contributed by atoms with van der Waals surface area (Å²) in [6, 6.07) is 4.94. The van der Waals surface area contributed by atoms with Gasteiger partial charge in [0.05, 0.1) is 5.69 Å². The van der Waals surface area contributed by atoms with Crippen LogP contribution in [0.3, 0.4) is 0 Å². The van der Waals surface area contributed by atoms with Crippen LogP contribution in [0.25, 0.3) is 0 Å². The van der Waals surface area contributed by atoms with E-state index < -0.39 is 0 Å². The third-order valence-electron chi connectivity index (χ3n) is 3.53. The molecule has 0 bridgehead atoms. The molecule has 0 radical (unpaired) electrons. The molecular formula is C16H21BrFIN4O. The van der Waals surface area contributed by atoms with Crippen molar-refractivity contribution in [2.24, 2.45) is 4.99 Å². The zero-order valence-corrected chi connectivity index (χ0v) is 17.7. The number of halogens is 3. The Kier molecular flexibility index (Phi) is 8.68. The summed E-state index contributed by atoms with van der Waals surface area (Å²) < 4.78 is 19.7. The second kappa shape index (κ2) is 9.97. The van der Waals surface area contributed by atoms with Gasteiger partial charge in [-0.1, -0.05) is 21.1 Å². The average molecular weight is 511 g/mol. The number of aromatic nitrogens is 1. The molecule has 2 N–H and O–H groups in total. The van der Waals surface area contributed by atoms with E-state index in [1.54, 1.807) is 19.2 Å². The van der Waals surface area contributed by atoms with Crippen LogP contribution in [-0.2, 0) is 13.0 Å². The van der Waals surface area contributed by atoms with Gasteiger partial charge in [-0.15, -0.1) is 24.0 Å². The number of nitrogens with zero attached hydrogens (tertiary/aromatic N) is 2. The summed E-state index contributed by atoms with van der Waals surface area (Å²) in [4.78, 5) is 4.16. The zero-order chi connectivity index (χ0) is 16.8. The van der Waals surface area contributed by atoms with Crippen molar-refractivity contribution in [2.75, 3.05) is 13.6 Å². The molecule has 24 heavy (non-hydrogen) atoms. The van der Waals surface area contributed by atoms with E-state index in [9.17, 15) is 4.39 Å². The van der Waals surface area contributed by atoms with Crippen molar-refractivity contribution in [3.8, 4) is 0 Å². The number of rotatable bonds is 5. The van der Waals surface area contributed by atoms with Crippen molar-refractivity contribution in [3.05, 3.63) is 51.1 Å². The van der Waals surface area contributed by atoms with Crippen molar-refractivity contribution in [1.82, 2.24) is 15.8 Å². The third-order valence-corrected chi connectivity index (χ3v) is 4.03. The fraction of sp³-hybridized carbons (Fsp3) is 0.375. The Labute approximate surface area is 166 Å². The monoisotopic (exact) mass is 510 g/mol. The second-order valence-electron chi connectivity index (χ2n) is 5.14. The molecule has 2 aromatic rings. The van der Waals surface area contributed by atoms with Crippen molar-refractivity contribution in [3.63, 3.8) is 0 Å². The first kappa shape index (κ1) is 20.9. The zero-order valence-electron chi connectivity index (χ0n) is 13.8. The summed E-state index contributed by atoms with van der Waals surface area (Å²) in [5.41, 5.74) is 2.54. The van der Waals surface area contributed by atoms with Crippen LogP contribution in [0.15, 0.2) is 32.2 Å². The number of aryl methyl sites for hydroxylation is 2. The fourth-order valence-corrected chi connectivity index (χ4v) is 2.61. The molecule has 2 rings (SSSR count). The molecule has 0 fully saturated rings. The molecule has 0 aliphatic rings. The summed E-state index contributed by atoms with van der Waals surface area (Å²) in [6.07, 6.45) is 0.567. The molecule has 0 saturated heterocycles. The van der Waals surface area contributed by atoms with Gasteiger partial charge < -0.3 is 15.2 Å². The fourth-order valence-electron chi connectivity index (χ4n) is 2.20. The maximum atomic E-state index is 13.7. The highest BCUT2D eigenvalue weighted by molar-refractivity contribution is 14.0. The molecule has 0 spiro atoms. The third kappa shape index (κ3) is 5.73. The van der Waals surface area contributed by atoms with Gasteiger partial charge in [0, 0.05) is 30.2 Å². The van der Waals surface area contributed by atoms with Crippen LogP contribution < -0.4 is 10.6 Å². The second-order valence-corrected chi connectivity index (χ2v) is 6.06. The number of nitrogens with one attached hydrogen (secondary N) is 2. The van der Waals surface area contributed by atoms with Gasteiger partial charge in [-0.25, -0.2) is 4.39 Å². The molecule has 5 nitrogen and oxygen atoms in total. The van der Waals surface area contributed by atoms with E-state index in [2.05, 4.69) is 36.7 Å². The summed E-state index contributed by atoms with van der Waals surface area (Å²) in [5.74, 6) is 1.25. The van der Waals surface area contributed by atoms with E-state index in [0.717, 1.165) is 21.5 Å². The first-order valence-electron chi connectivity index (χ1n) is 7.31. The van der Waals surface area contributed by atoms with Gasteiger partial charge in [-0.3, -0.25) is 4.99 Å². The molecule has 1 heterocycles. The Hall–Kier alpha value is -1.16. The smallest absolute Gasteiger partial charge is 0.191 e. The molecule has 0 aliphatic heterocycles. The Balaban J connectivity index is 0.00000288. The Morgan fingerprint density at radius 2 is 2.08 bits per heavy atom. The van der Waals surface area contributed by atoms with E-state index in [-0.39, 0.29) is 29.8 Å². The maximum absolute atomic E-state index is 13.7. The minimum absolute atomic E-state index is 0. The van der Waals surface area contributed by atoms with E-state index in [1.807, 2.05) is 13.8 Å². The quantitative estimate of drug-likeness (QED) is 0.365. The van der Waals surface area contributed by atoms with Gasteiger partial charge in [0.1, 0.15) is 11.6 Å². The lowest BCUT2D eigenvalue weighted by molar-refractivity contribution is 0.392. The molecular weight excluding hydrogens is 490 g/mol. The van der Waals surface area contributed by atoms with Gasteiger partial charge in [0.15, 0.2) is 5.96 Å². The maximum Gasteiger partial charge on any atom is 0.191 e. The molecule has 0 aliphatic carbocycles. The standard InChI is InChI=1S/C16H20BrFN4O.HI/c1-10-14(11(2)23-22-10)9-21-16(19-3)20-7-6-12-8-13(17)4-5-15(12)18;/h4-5,8H,6-7,9H2,1-3H3,(H2,19,20,21);1H. The van der Waals surface area contributed by atoms with Gasteiger partial charge in [-0.2, -0.15) is 0 Å². The first-order chi connectivity index (χ1) is 11.0. The first-order valence-corrected chi connectivity index (χ1v) is 8.10. The summed E-state index contributed by atoms with van der Waals surface area (Å²) >= 11 is 3.35. The van der Waals surface area contributed by atoms with Crippen LogP contribution in [0, 0.1) is 19.7 Å². The van der Waals surface area contributed by atoms with Crippen LogP contribution in [0.2, 0.25) is 0 Å². The van der Waals surface area contributed by atoms with E-state index >= 15 is 0 Å². The number of hydrogen-bond donors (Lipinski definition) is 2. The number of benzene rings is 1. The number of hydrogen-bond acceptors (Lipinski definition) is 3. The molecule has 8 heteroatoms. The molecule has 1 aromatic heterocycles. The lowest BCUT2D eigenvalue weighted by atomic mass is 10.1. The lowest BCUT2D eigenvalue weighted by Gasteiger charge is -2.12. The highest BCUT2D eigenvalue weighted by Crippen LogP contribution is 2.15. The summed E-state index contributed by atoms with van der Waals surface area (Å²) in [7, 11) is 1.70. The number of aliphatic imine (C=N–C) groups is 1. The van der Waals surface area contributed by atoms with Gasteiger partial charge in [0.25, 0.3) is 0 Å². The SMILES string of the molecule is CN=C(NCCc1cc(Br)ccc1F)NCc1c(C)noc1C.I.